The molecular weight excluding hydrogens is 369 g/mol. The molecule has 1 aliphatic heterocycles. The predicted molar refractivity (Wildman–Crippen MR) is 100 cm³/mol. The summed E-state index contributed by atoms with van der Waals surface area (Å²) in [4.78, 5) is 22.1. The van der Waals surface area contributed by atoms with Crippen LogP contribution in [-0.2, 0) is 17.8 Å². The molecule has 5 nitrogen and oxygen atoms in total. The summed E-state index contributed by atoms with van der Waals surface area (Å²) in [5.74, 6) is -2.39. The first kappa shape index (κ1) is 20.1. The monoisotopic (exact) mass is 392 g/mol. The van der Waals surface area contributed by atoms with Gasteiger partial charge >= 0.3 is 0 Å². The van der Waals surface area contributed by atoms with Crippen LogP contribution in [0.15, 0.2) is 18.2 Å². The largest absolute Gasteiger partial charge is 0.351 e. The highest BCUT2D eigenvalue weighted by atomic mass is 19.1. The minimum absolute atomic E-state index is 0.186. The molecule has 28 heavy (non-hydrogen) atoms. The first-order valence-corrected chi connectivity index (χ1v) is 9.17. The number of carbonyl (C=O) groups excluding carboxylic acids is 1. The molecule has 150 valence electrons. The summed E-state index contributed by atoms with van der Waals surface area (Å²) in [6.07, 6.45) is 1.54. The molecule has 1 aliphatic rings. The van der Waals surface area contributed by atoms with E-state index in [9.17, 15) is 18.0 Å². The lowest BCUT2D eigenvalue weighted by Crippen LogP contribution is -2.31. The van der Waals surface area contributed by atoms with Gasteiger partial charge in [0.2, 0.25) is 5.91 Å². The molecule has 0 radical (unpaired) electrons. The Bertz CT molecular complexity index is 876. The summed E-state index contributed by atoms with van der Waals surface area (Å²) in [6.45, 7) is 6.48. The van der Waals surface area contributed by atoms with Crippen LogP contribution in [0.3, 0.4) is 0 Å². The fraction of sp³-hybridized carbons (Fsp3) is 0.450. The number of nitrogens with one attached hydrogen (secondary N) is 1. The van der Waals surface area contributed by atoms with Gasteiger partial charge in [0.25, 0.3) is 5.95 Å². The maximum Gasteiger partial charge on any atom is 0.258 e. The zero-order chi connectivity index (χ0) is 20.5. The number of nitrogens with zero attached hydrogens (tertiary/aromatic N) is 3. The van der Waals surface area contributed by atoms with E-state index >= 15 is 0 Å². The molecule has 2 aromatic rings. The van der Waals surface area contributed by atoms with Gasteiger partial charge in [-0.3, -0.25) is 4.79 Å². The van der Waals surface area contributed by atoms with Gasteiger partial charge in [0.1, 0.15) is 11.6 Å². The van der Waals surface area contributed by atoms with Crippen molar-refractivity contribution in [1.82, 2.24) is 9.97 Å². The number of carbonyl (C=O) groups is 1. The van der Waals surface area contributed by atoms with Gasteiger partial charge in [0, 0.05) is 25.6 Å². The van der Waals surface area contributed by atoms with Crippen LogP contribution in [0, 0.1) is 23.0 Å². The van der Waals surface area contributed by atoms with Crippen LogP contribution in [0.4, 0.5) is 24.8 Å². The van der Waals surface area contributed by atoms with Gasteiger partial charge in [-0.2, -0.15) is 9.37 Å². The fourth-order valence-electron chi connectivity index (χ4n) is 3.22. The molecule has 1 amide bonds. The molecule has 2 heterocycles. The van der Waals surface area contributed by atoms with Crippen LogP contribution in [0.1, 0.15) is 44.9 Å². The quantitative estimate of drug-likeness (QED) is 0.846. The van der Waals surface area contributed by atoms with E-state index in [1.165, 1.54) is 12.1 Å². The number of aromatic nitrogens is 2. The molecule has 0 fully saturated rings. The molecule has 1 aromatic carbocycles. The van der Waals surface area contributed by atoms with Crippen LogP contribution in [0.2, 0.25) is 0 Å². The van der Waals surface area contributed by atoms with E-state index in [1.807, 2.05) is 20.8 Å². The fourth-order valence-corrected chi connectivity index (χ4v) is 3.22. The van der Waals surface area contributed by atoms with Crippen molar-refractivity contribution in [3.63, 3.8) is 0 Å². The van der Waals surface area contributed by atoms with Gasteiger partial charge in [-0.25, -0.2) is 13.8 Å². The van der Waals surface area contributed by atoms with Gasteiger partial charge in [0.15, 0.2) is 11.6 Å². The van der Waals surface area contributed by atoms with Crippen LogP contribution in [0.5, 0.6) is 0 Å². The molecule has 0 aliphatic carbocycles. The van der Waals surface area contributed by atoms with E-state index in [1.54, 1.807) is 4.90 Å². The average molecular weight is 392 g/mol. The van der Waals surface area contributed by atoms with Crippen molar-refractivity contribution in [2.75, 3.05) is 16.8 Å². The van der Waals surface area contributed by atoms with Crippen molar-refractivity contribution in [2.45, 2.75) is 46.6 Å². The van der Waals surface area contributed by atoms with E-state index in [-0.39, 0.29) is 30.1 Å². The molecule has 3 rings (SSSR count). The smallest absolute Gasteiger partial charge is 0.258 e. The molecule has 0 atom stereocenters. The lowest BCUT2D eigenvalue weighted by atomic mass is 9.92. The third-order valence-electron chi connectivity index (χ3n) is 4.29. The van der Waals surface area contributed by atoms with Crippen molar-refractivity contribution < 1.29 is 18.0 Å². The van der Waals surface area contributed by atoms with Crippen molar-refractivity contribution in [1.29, 1.82) is 0 Å². The summed E-state index contributed by atoms with van der Waals surface area (Å²) in [5, 5.41) is 2.49. The van der Waals surface area contributed by atoms with Crippen LogP contribution in [0.25, 0.3) is 0 Å². The Labute approximate surface area is 162 Å². The molecule has 0 bridgehead atoms. The normalized spacial score (nSPS) is 14.0. The lowest BCUT2D eigenvalue weighted by molar-refractivity contribution is -0.117. The summed E-state index contributed by atoms with van der Waals surface area (Å²) in [6, 6.07) is 3.28. The summed E-state index contributed by atoms with van der Waals surface area (Å²) >= 11 is 0. The molecule has 1 aromatic heterocycles. The zero-order valence-corrected chi connectivity index (χ0v) is 16.2. The highest BCUT2D eigenvalue weighted by Gasteiger charge is 2.25. The van der Waals surface area contributed by atoms with Crippen molar-refractivity contribution in [2.24, 2.45) is 5.41 Å². The Kier molecular flexibility index (Phi) is 5.58. The second-order valence-electron chi connectivity index (χ2n) is 8.22. The van der Waals surface area contributed by atoms with Crippen molar-refractivity contribution in [3.8, 4) is 0 Å². The maximum absolute atomic E-state index is 14.5. The van der Waals surface area contributed by atoms with E-state index in [2.05, 4.69) is 15.3 Å². The molecule has 0 unspecified atom stereocenters. The molecule has 0 saturated carbocycles. The van der Waals surface area contributed by atoms with Crippen LogP contribution >= 0.6 is 0 Å². The highest BCUT2D eigenvalue weighted by molar-refractivity contribution is 5.90. The van der Waals surface area contributed by atoms with E-state index in [4.69, 9.17) is 0 Å². The number of anilines is 2. The molecule has 0 spiro atoms. The van der Waals surface area contributed by atoms with Gasteiger partial charge in [-0.05, 0) is 36.0 Å². The Hall–Kier alpha value is -2.64. The maximum atomic E-state index is 14.5. The zero-order valence-electron chi connectivity index (χ0n) is 16.2. The number of aryl methyl sites for hydroxylation is 1. The Balaban J connectivity index is 1.82. The molecule has 1 N–H and O–H groups in total. The molecule has 0 saturated heterocycles. The minimum atomic E-state index is -0.877. The summed E-state index contributed by atoms with van der Waals surface area (Å²) in [5.41, 5.74) is 0.741. The van der Waals surface area contributed by atoms with Gasteiger partial charge in [-0.15, -0.1) is 0 Å². The first-order valence-electron chi connectivity index (χ1n) is 9.17. The second-order valence-corrected chi connectivity index (χ2v) is 8.22. The number of halogens is 3. The van der Waals surface area contributed by atoms with E-state index in [0.717, 1.165) is 12.5 Å². The SMILES string of the molecule is CC(C)(C)CC(=O)Nc1nc2c(nc1F)N(Cc1cc(F)cc(F)c1)CCC2. The molecule has 8 heteroatoms. The van der Waals surface area contributed by atoms with Gasteiger partial charge in [-0.1, -0.05) is 20.8 Å². The topological polar surface area (TPSA) is 58.1 Å². The predicted octanol–water partition coefficient (Wildman–Crippen LogP) is 4.22. The Morgan fingerprint density at radius 2 is 1.82 bits per heavy atom. The number of rotatable bonds is 4. The first-order chi connectivity index (χ1) is 13.1. The Morgan fingerprint density at radius 1 is 1.14 bits per heavy atom. The standard InChI is InChI=1S/C20H23F3N4O/c1-20(2,3)10-16(28)25-18-17(23)26-19-15(24-18)5-4-6-27(19)11-12-7-13(21)9-14(22)8-12/h7-9H,4-6,10-11H2,1-3H3,(H,24,25,28). The molecular formula is C20H23F3N4O. The highest BCUT2D eigenvalue weighted by Crippen LogP contribution is 2.28. The lowest BCUT2D eigenvalue weighted by Gasteiger charge is -2.29. The van der Waals surface area contributed by atoms with Gasteiger partial charge < -0.3 is 10.2 Å². The van der Waals surface area contributed by atoms with E-state index in [0.29, 0.717) is 30.0 Å². The number of benzene rings is 1. The van der Waals surface area contributed by atoms with Crippen LogP contribution in [-0.4, -0.2) is 22.4 Å². The van der Waals surface area contributed by atoms with Crippen molar-refractivity contribution in [3.05, 3.63) is 47.0 Å². The third-order valence-corrected chi connectivity index (χ3v) is 4.29. The Morgan fingerprint density at radius 3 is 2.46 bits per heavy atom. The summed E-state index contributed by atoms with van der Waals surface area (Å²) < 4.78 is 41.4. The number of fused-ring (bicyclic) bond motifs is 1. The average Bonchev–Trinajstić information content (AvgIpc) is 2.53. The van der Waals surface area contributed by atoms with Crippen molar-refractivity contribution >= 4 is 17.5 Å². The number of amides is 1. The minimum Gasteiger partial charge on any atom is -0.351 e. The van der Waals surface area contributed by atoms with E-state index < -0.39 is 17.6 Å². The summed E-state index contributed by atoms with van der Waals surface area (Å²) in [7, 11) is 0. The number of hydrogen-bond donors (Lipinski definition) is 1. The van der Waals surface area contributed by atoms with Gasteiger partial charge in [0.05, 0.1) is 5.69 Å². The van der Waals surface area contributed by atoms with Crippen LogP contribution < -0.4 is 10.2 Å². The number of hydrogen-bond acceptors (Lipinski definition) is 4. The second kappa shape index (κ2) is 7.77. The third kappa shape index (κ3) is 4.99.